The van der Waals surface area contributed by atoms with Crippen LogP contribution in [0.2, 0.25) is 0 Å². The molecule has 2 atom stereocenters. The van der Waals surface area contributed by atoms with Crippen molar-refractivity contribution in [3.63, 3.8) is 0 Å². The van der Waals surface area contributed by atoms with Crippen LogP contribution in [0.25, 0.3) is 0 Å². The first-order valence-corrected chi connectivity index (χ1v) is 8.21. The SMILES string of the molecule is COC(=O)c1c(C)[nH]c(C(=O)N2CCC[C@H]3CN(C)C[C@H]32)c1C. The van der Waals surface area contributed by atoms with E-state index in [1.54, 1.807) is 6.92 Å². The van der Waals surface area contributed by atoms with Crippen LogP contribution in [0.4, 0.5) is 0 Å². The molecule has 0 spiro atoms. The van der Waals surface area contributed by atoms with Crippen LogP contribution in [0.3, 0.4) is 0 Å². The summed E-state index contributed by atoms with van der Waals surface area (Å²) in [4.78, 5) is 32.4. The molecule has 2 aliphatic heterocycles. The van der Waals surface area contributed by atoms with Gasteiger partial charge in [-0.05, 0) is 45.2 Å². The van der Waals surface area contributed by atoms with E-state index in [0.29, 0.717) is 28.4 Å². The number of methoxy groups -OCH3 is 1. The van der Waals surface area contributed by atoms with Crippen LogP contribution in [0.1, 0.15) is 44.9 Å². The van der Waals surface area contributed by atoms with E-state index in [0.717, 1.165) is 26.1 Å². The molecule has 0 bridgehead atoms. The van der Waals surface area contributed by atoms with E-state index in [1.807, 2.05) is 11.8 Å². The highest BCUT2D eigenvalue weighted by atomic mass is 16.5. The third kappa shape index (κ3) is 2.65. The molecule has 1 N–H and O–H groups in total. The van der Waals surface area contributed by atoms with Crippen LogP contribution in [-0.2, 0) is 4.74 Å². The number of hydrogen-bond donors (Lipinski definition) is 1. The number of likely N-dealkylation sites (tertiary alicyclic amines) is 2. The molecule has 1 aromatic heterocycles. The minimum absolute atomic E-state index is 0.00533. The maximum absolute atomic E-state index is 13.1. The summed E-state index contributed by atoms with van der Waals surface area (Å²) < 4.78 is 4.83. The molecule has 2 saturated heterocycles. The molecule has 0 aliphatic carbocycles. The fourth-order valence-corrected chi connectivity index (χ4v) is 4.16. The van der Waals surface area contributed by atoms with E-state index < -0.39 is 5.97 Å². The van der Waals surface area contributed by atoms with Crippen molar-refractivity contribution in [2.45, 2.75) is 32.7 Å². The molecule has 0 aromatic carbocycles. The number of carbonyl (C=O) groups is 2. The van der Waals surface area contributed by atoms with Gasteiger partial charge < -0.3 is 19.5 Å². The Balaban J connectivity index is 1.90. The summed E-state index contributed by atoms with van der Waals surface area (Å²) in [5.74, 6) is 0.173. The van der Waals surface area contributed by atoms with Crippen molar-refractivity contribution < 1.29 is 14.3 Å². The first-order chi connectivity index (χ1) is 10.9. The van der Waals surface area contributed by atoms with Crippen molar-refractivity contribution in [3.05, 3.63) is 22.5 Å². The molecule has 2 aliphatic rings. The fraction of sp³-hybridized carbons (Fsp3) is 0.647. The highest BCUT2D eigenvalue weighted by Crippen LogP contribution is 2.31. The Bertz CT molecular complexity index is 637. The Morgan fingerprint density at radius 2 is 2.00 bits per heavy atom. The highest BCUT2D eigenvalue weighted by Gasteiger charge is 2.40. The molecular weight excluding hydrogens is 294 g/mol. The van der Waals surface area contributed by atoms with Gasteiger partial charge in [-0.1, -0.05) is 0 Å². The van der Waals surface area contributed by atoms with Crippen molar-refractivity contribution in [1.82, 2.24) is 14.8 Å². The molecule has 3 rings (SSSR count). The summed E-state index contributed by atoms with van der Waals surface area (Å²) in [6, 6.07) is 0.283. The summed E-state index contributed by atoms with van der Waals surface area (Å²) in [5.41, 5.74) is 2.38. The average molecular weight is 319 g/mol. The van der Waals surface area contributed by atoms with Gasteiger partial charge in [0.1, 0.15) is 5.69 Å². The predicted molar refractivity (Wildman–Crippen MR) is 86.7 cm³/mol. The highest BCUT2D eigenvalue weighted by molar-refractivity contribution is 6.00. The molecule has 23 heavy (non-hydrogen) atoms. The van der Waals surface area contributed by atoms with Gasteiger partial charge in [-0.2, -0.15) is 0 Å². The Labute approximate surface area is 136 Å². The average Bonchev–Trinajstić information content (AvgIpc) is 3.04. The maximum atomic E-state index is 13.1. The van der Waals surface area contributed by atoms with Gasteiger partial charge in [-0.15, -0.1) is 0 Å². The minimum atomic E-state index is -0.396. The van der Waals surface area contributed by atoms with Gasteiger partial charge >= 0.3 is 5.97 Å². The molecule has 2 fully saturated rings. The van der Waals surface area contributed by atoms with E-state index in [4.69, 9.17) is 4.74 Å². The van der Waals surface area contributed by atoms with Crippen molar-refractivity contribution in [2.24, 2.45) is 5.92 Å². The monoisotopic (exact) mass is 319 g/mol. The Hall–Kier alpha value is -1.82. The first kappa shape index (κ1) is 16.1. The second-order valence-electron chi connectivity index (χ2n) is 6.81. The van der Waals surface area contributed by atoms with Crippen LogP contribution in [-0.4, -0.2) is 66.5 Å². The molecular formula is C17H25N3O3. The minimum Gasteiger partial charge on any atom is -0.465 e. The Morgan fingerprint density at radius 1 is 1.26 bits per heavy atom. The zero-order valence-corrected chi connectivity index (χ0v) is 14.3. The number of piperidine rings is 1. The van der Waals surface area contributed by atoms with Crippen LogP contribution >= 0.6 is 0 Å². The summed E-state index contributed by atoms with van der Waals surface area (Å²) in [5, 5.41) is 0. The number of aromatic nitrogens is 1. The number of likely N-dealkylation sites (N-methyl/N-ethyl adjacent to an activating group) is 1. The lowest BCUT2D eigenvalue weighted by molar-refractivity contribution is 0.0565. The number of aromatic amines is 1. The first-order valence-electron chi connectivity index (χ1n) is 8.21. The number of carbonyl (C=O) groups excluding carboxylic acids is 2. The predicted octanol–water partition coefficient (Wildman–Crippen LogP) is 1.58. The second-order valence-corrected chi connectivity index (χ2v) is 6.81. The van der Waals surface area contributed by atoms with Crippen LogP contribution in [0, 0.1) is 19.8 Å². The summed E-state index contributed by atoms with van der Waals surface area (Å²) in [6.07, 6.45) is 2.23. The number of fused-ring (bicyclic) bond motifs is 1. The van der Waals surface area contributed by atoms with E-state index in [1.165, 1.54) is 13.5 Å². The third-order valence-corrected chi connectivity index (χ3v) is 5.27. The molecule has 0 radical (unpaired) electrons. The molecule has 0 unspecified atom stereocenters. The van der Waals surface area contributed by atoms with Crippen molar-refractivity contribution in [3.8, 4) is 0 Å². The quantitative estimate of drug-likeness (QED) is 0.841. The largest absolute Gasteiger partial charge is 0.465 e. The number of nitrogens with zero attached hydrogens (tertiary/aromatic N) is 2. The maximum Gasteiger partial charge on any atom is 0.339 e. The van der Waals surface area contributed by atoms with E-state index >= 15 is 0 Å². The molecule has 0 saturated carbocycles. The van der Waals surface area contributed by atoms with E-state index in [9.17, 15) is 9.59 Å². The van der Waals surface area contributed by atoms with Crippen LogP contribution in [0.5, 0.6) is 0 Å². The normalized spacial score (nSPS) is 24.6. The van der Waals surface area contributed by atoms with E-state index in [-0.39, 0.29) is 11.9 Å². The lowest BCUT2D eigenvalue weighted by Gasteiger charge is -2.37. The smallest absolute Gasteiger partial charge is 0.339 e. The number of hydrogen-bond acceptors (Lipinski definition) is 4. The van der Waals surface area contributed by atoms with Gasteiger partial charge in [0, 0.05) is 31.4 Å². The number of aryl methyl sites for hydroxylation is 1. The molecule has 1 amide bonds. The van der Waals surface area contributed by atoms with Crippen molar-refractivity contribution in [2.75, 3.05) is 33.8 Å². The third-order valence-electron chi connectivity index (χ3n) is 5.27. The Morgan fingerprint density at radius 3 is 2.70 bits per heavy atom. The van der Waals surface area contributed by atoms with Crippen LogP contribution < -0.4 is 0 Å². The topological polar surface area (TPSA) is 65.6 Å². The number of nitrogens with one attached hydrogen (secondary N) is 1. The molecule has 6 nitrogen and oxygen atoms in total. The number of esters is 1. The van der Waals surface area contributed by atoms with Gasteiger partial charge in [-0.25, -0.2) is 4.79 Å². The lowest BCUT2D eigenvalue weighted by Crippen LogP contribution is -2.48. The van der Waals surface area contributed by atoms with E-state index in [2.05, 4.69) is 16.9 Å². The standard InChI is InChI=1S/C17H25N3O3/c1-10-14(17(22)23-4)11(2)18-15(10)16(21)20-7-5-6-12-8-19(3)9-13(12)20/h12-13,18H,5-9H2,1-4H3/t12-,13+/m0/s1. The summed E-state index contributed by atoms with van der Waals surface area (Å²) >= 11 is 0. The summed E-state index contributed by atoms with van der Waals surface area (Å²) in [7, 11) is 3.47. The fourth-order valence-electron chi connectivity index (χ4n) is 4.16. The van der Waals surface area contributed by atoms with Gasteiger partial charge in [0.15, 0.2) is 0 Å². The van der Waals surface area contributed by atoms with Gasteiger partial charge in [0.05, 0.1) is 12.7 Å². The zero-order valence-electron chi connectivity index (χ0n) is 14.3. The zero-order chi connectivity index (χ0) is 16.7. The number of ether oxygens (including phenoxy) is 1. The second kappa shape index (κ2) is 6.00. The van der Waals surface area contributed by atoms with Crippen LogP contribution in [0.15, 0.2) is 0 Å². The molecule has 3 heterocycles. The molecule has 126 valence electrons. The number of H-pyrrole nitrogens is 1. The van der Waals surface area contributed by atoms with Gasteiger partial charge in [0.25, 0.3) is 5.91 Å². The Kier molecular flexibility index (Phi) is 4.19. The molecule has 6 heteroatoms. The lowest BCUT2D eigenvalue weighted by atomic mass is 9.91. The van der Waals surface area contributed by atoms with Crippen molar-refractivity contribution in [1.29, 1.82) is 0 Å². The van der Waals surface area contributed by atoms with Crippen molar-refractivity contribution >= 4 is 11.9 Å². The number of rotatable bonds is 2. The van der Waals surface area contributed by atoms with Gasteiger partial charge in [-0.3, -0.25) is 4.79 Å². The molecule has 1 aromatic rings. The van der Waals surface area contributed by atoms with Gasteiger partial charge in [0.2, 0.25) is 0 Å². The number of amides is 1. The summed E-state index contributed by atoms with van der Waals surface area (Å²) in [6.45, 7) is 6.39.